The van der Waals surface area contributed by atoms with Crippen molar-refractivity contribution in [1.82, 2.24) is 9.13 Å². The maximum Gasteiger partial charge on any atom is 0.252 e. The number of aromatic nitrogens is 2. The van der Waals surface area contributed by atoms with E-state index in [1.165, 1.54) is 93.9 Å². The van der Waals surface area contributed by atoms with Crippen LogP contribution in [-0.2, 0) is 10.8 Å². The summed E-state index contributed by atoms with van der Waals surface area (Å²) in [5.41, 5.74) is 19.4. The van der Waals surface area contributed by atoms with Gasteiger partial charge in [-0.2, -0.15) is 0 Å². The van der Waals surface area contributed by atoms with E-state index in [0.29, 0.717) is 0 Å². The van der Waals surface area contributed by atoms with Crippen LogP contribution in [0.3, 0.4) is 0 Å². The van der Waals surface area contributed by atoms with Gasteiger partial charge >= 0.3 is 0 Å². The summed E-state index contributed by atoms with van der Waals surface area (Å²) in [5, 5.41) is 7.32. The van der Waals surface area contributed by atoms with Crippen LogP contribution in [0.25, 0.3) is 76.9 Å². The van der Waals surface area contributed by atoms with Crippen LogP contribution >= 0.6 is 0 Å². The fourth-order valence-corrected chi connectivity index (χ4v) is 10.9. The topological polar surface area (TPSA) is 26.2 Å². The summed E-state index contributed by atoms with van der Waals surface area (Å²) < 4.78 is 11.6. The van der Waals surface area contributed by atoms with E-state index >= 15 is 0 Å². The number of fused-ring (bicyclic) bond motifs is 13. The van der Waals surface area contributed by atoms with Crippen LogP contribution in [0.1, 0.15) is 52.7 Å². The number of furan rings is 1. The van der Waals surface area contributed by atoms with E-state index in [-0.39, 0.29) is 17.5 Å². The zero-order valence-electron chi connectivity index (χ0n) is 35.3. The molecule has 0 spiro atoms. The average Bonchev–Trinajstić information content (AvgIpc) is 3.91. The van der Waals surface area contributed by atoms with Crippen molar-refractivity contribution in [3.05, 3.63) is 169 Å². The Labute approximate surface area is 355 Å². The largest absolute Gasteiger partial charge is 0.456 e. The molecule has 13 rings (SSSR count). The maximum atomic E-state index is 6.51. The Morgan fingerprint density at radius 1 is 0.426 bits per heavy atom. The van der Waals surface area contributed by atoms with E-state index in [4.69, 9.17) is 4.42 Å². The highest BCUT2D eigenvalue weighted by Gasteiger charge is 2.43. The van der Waals surface area contributed by atoms with Crippen molar-refractivity contribution in [1.29, 1.82) is 0 Å². The monoisotopic (exact) mass is 785 g/mol. The van der Waals surface area contributed by atoms with E-state index in [2.05, 4.69) is 213 Å². The van der Waals surface area contributed by atoms with E-state index in [1.54, 1.807) is 0 Å². The Morgan fingerprint density at radius 3 is 1.79 bits per heavy atom. The summed E-state index contributed by atoms with van der Waals surface area (Å²) in [4.78, 5) is 2.54. The molecule has 5 heterocycles. The molecule has 0 radical (unpaired) electrons. The number of hydrogen-bond acceptors (Lipinski definition) is 2. The first-order valence-corrected chi connectivity index (χ1v) is 21.6. The van der Waals surface area contributed by atoms with Gasteiger partial charge < -0.3 is 18.5 Å². The van der Waals surface area contributed by atoms with Crippen molar-refractivity contribution in [2.45, 2.75) is 52.4 Å². The molecule has 0 aliphatic carbocycles. The minimum atomic E-state index is 0.00962. The van der Waals surface area contributed by atoms with Gasteiger partial charge in [-0.25, -0.2) is 0 Å². The quantitative estimate of drug-likeness (QED) is 0.163. The average molecular weight is 786 g/mol. The van der Waals surface area contributed by atoms with Gasteiger partial charge in [-0.05, 0) is 111 Å². The smallest absolute Gasteiger partial charge is 0.252 e. The molecule has 0 saturated heterocycles. The molecule has 11 aromatic rings. The molecule has 3 aromatic heterocycles. The van der Waals surface area contributed by atoms with Crippen molar-refractivity contribution in [3.8, 4) is 11.4 Å². The van der Waals surface area contributed by atoms with Crippen molar-refractivity contribution >= 4 is 106 Å². The standard InChI is InChI=1S/C56H44BN3O/c1-55(2,3)33-23-25-44-38(29-33)39-30-34(56(4,5)6)24-26-45(39)59(44)48-28-27-47-52-54(48)58(35-15-8-7-9-16-35)46-21-12-11-19-42(46)57(52)43-20-14-18-37-40-32-51-41(31-49(40)60(47)53(37)43)36-17-10-13-22-50(36)61-51/h7-32H,1-6H3. The molecule has 0 bridgehead atoms. The molecule has 5 heteroatoms. The molecule has 61 heavy (non-hydrogen) atoms. The molecule has 0 fully saturated rings. The number of para-hydroxylation sites is 4. The predicted molar refractivity (Wildman–Crippen MR) is 259 cm³/mol. The lowest BCUT2D eigenvalue weighted by Crippen LogP contribution is -2.60. The zero-order valence-corrected chi connectivity index (χ0v) is 35.3. The number of anilines is 3. The molecule has 292 valence electrons. The second-order valence-corrected chi connectivity index (χ2v) is 19.4. The van der Waals surface area contributed by atoms with Gasteiger partial charge in [-0.3, -0.25) is 0 Å². The highest BCUT2D eigenvalue weighted by Crippen LogP contribution is 2.47. The van der Waals surface area contributed by atoms with Crippen LogP contribution in [0.15, 0.2) is 162 Å². The number of benzene rings is 8. The normalized spacial score (nSPS) is 13.7. The zero-order chi connectivity index (χ0) is 41.1. The van der Waals surface area contributed by atoms with Crippen LogP contribution in [0.4, 0.5) is 17.1 Å². The molecular formula is C56H44BN3O. The van der Waals surface area contributed by atoms with Gasteiger partial charge in [0.25, 0.3) is 6.71 Å². The second-order valence-electron chi connectivity index (χ2n) is 19.4. The van der Waals surface area contributed by atoms with Crippen LogP contribution in [0.5, 0.6) is 0 Å². The molecule has 0 saturated carbocycles. The van der Waals surface area contributed by atoms with Crippen LogP contribution < -0.4 is 21.3 Å². The first-order chi connectivity index (χ1) is 29.5. The molecule has 0 atom stereocenters. The van der Waals surface area contributed by atoms with E-state index in [0.717, 1.165) is 27.6 Å². The van der Waals surface area contributed by atoms with Crippen LogP contribution in [0, 0.1) is 0 Å². The number of nitrogens with zero attached hydrogens (tertiary/aromatic N) is 3. The second kappa shape index (κ2) is 11.9. The van der Waals surface area contributed by atoms with Gasteiger partial charge in [0.15, 0.2) is 0 Å². The van der Waals surface area contributed by atoms with E-state index < -0.39 is 0 Å². The molecule has 0 N–H and O–H groups in total. The molecular weight excluding hydrogens is 741 g/mol. The SMILES string of the molecule is CC(C)(C)c1ccc2c(c1)c1cc(C(C)(C)C)ccc1n2-c1ccc2c3c1N(c1ccccc1)c1ccccc1B3c1cccc3c4cc5oc6ccccc6c5cc4n-2c13. The summed E-state index contributed by atoms with van der Waals surface area (Å²) in [7, 11) is 0. The fraction of sp³-hybridized carbons (Fsp3) is 0.143. The third-order valence-electron chi connectivity index (χ3n) is 13.8. The van der Waals surface area contributed by atoms with Crippen LogP contribution in [-0.4, -0.2) is 15.8 Å². The Balaban J connectivity index is 1.20. The van der Waals surface area contributed by atoms with E-state index in [1.807, 2.05) is 0 Å². The predicted octanol–water partition coefficient (Wildman–Crippen LogP) is 13.0. The lowest BCUT2D eigenvalue weighted by atomic mass is 9.33. The maximum absolute atomic E-state index is 6.51. The molecule has 0 unspecified atom stereocenters. The minimum Gasteiger partial charge on any atom is -0.456 e. The molecule has 2 aliphatic rings. The highest BCUT2D eigenvalue weighted by molar-refractivity contribution is 7.00. The van der Waals surface area contributed by atoms with Gasteiger partial charge in [-0.15, -0.1) is 0 Å². The van der Waals surface area contributed by atoms with Crippen molar-refractivity contribution in [2.24, 2.45) is 0 Å². The third-order valence-corrected chi connectivity index (χ3v) is 13.8. The van der Waals surface area contributed by atoms with Gasteiger partial charge in [0.1, 0.15) is 11.2 Å². The Morgan fingerprint density at radius 2 is 1.05 bits per heavy atom. The fourth-order valence-electron chi connectivity index (χ4n) is 10.9. The minimum absolute atomic E-state index is 0.00962. The van der Waals surface area contributed by atoms with Gasteiger partial charge in [0, 0.05) is 54.9 Å². The Hall–Kier alpha value is -6.98. The van der Waals surface area contributed by atoms with E-state index in [9.17, 15) is 0 Å². The summed E-state index contributed by atoms with van der Waals surface area (Å²) in [5.74, 6) is 0. The molecule has 8 aromatic carbocycles. The van der Waals surface area contributed by atoms with Crippen LogP contribution in [0.2, 0.25) is 0 Å². The molecule has 4 nitrogen and oxygen atoms in total. The summed E-state index contributed by atoms with van der Waals surface area (Å²) >= 11 is 0. The molecule has 2 aliphatic heterocycles. The summed E-state index contributed by atoms with van der Waals surface area (Å²) in [6, 6.07) is 59.2. The number of hydrogen-bond donors (Lipinski definition) is 0. The highest BCUT2D eigenvalue weighted by atomic mass is 16.3. The van der Waals surface area contributed by atoms with Gasteiger partial charge in [0.05, 0.1) is 27.9 Å². The van der Waals surface area contributed by atoms with Crippen molar-refractivity contribution < 1.29 is 4.42 Å². The Kier molecular flexibility index (Phi) is 6.77. The number of rotatable bonds is 2. The molecule has 0 amide bonds. The lowest BCUT2D eigenvalue weighted by Gasteiger charge is -2.41. The van der Waals surface area contributed by atoms with Crippen molar-refractivity contribution in [3.63, 3.8) is 0 Å². The first kappa shape index (κ1) is 34.8. The summed E-state index contributed by atoms with van der Waals surface area (Å²) in [6.45, 7) is 13.9. The third kappa shape index (κ3) is 4.67. The van der Waals surface area contributed by atoms with Crippen molar-refractivity contribution in [2.75, 3.05) is 4.90 Å². The first-order valence-electron chi connectivity index (χ1n) is 21.6. The van der Waals surface area contributed by atoms with Gasteiger partial charge in [0.2, 0.25) is 0 Å². The van der Waals surface area contributed by atoms with Gasteiger partial charge in [-0.1, -0.05) is 126 Å². The Bertz CT molecular complexity index is 3610. The summed E-state index contributed by atoms with van der Waals surface area (Å²) in [6.07, 6.45) is 0. The lowest BCUT2D eigenvalue weighted by molar-refractivity contribution is 0.590.